The molecule has 2 unspecified atom stereocenters. The lowest BCUT2D eigenvalue weighted by atomic mass is 9.89. The van der Waals surface area contributed by atoms with E-state index in [2.05, 4.69) is 4.72 Å². The number of carbonyl (C=O) groups is 1. The van der Waals surface area contributed by atoms with Crippen LogP contribution in [-0.4, -0.2) is 19.5 Å². The number of anilines is 1. The van der Waals surface area contributed by atoms with Gasteiger partial charge in [-0.15, -0.1) is 0 Å². The number of allylic oxidation sites excluding steroid dienone is 5. The van der Waals surface area contributed by atoms with Crippen molar-refractivity contribution in [2.45, 2.75) is 6.92 Å². The lowest BCUT2D eigenvalue weighted by Gasteiger charge is -2.24. The van der Waals surface area contributed by atoms with Gasteiger partial charge in [0, 0.05) is 23.6 Å². The van der Waals surface area contributed by atoms with E-state index < -0.39 is 15.9 Å². The fraction of sp³-hybridized carbons (Fsp3) is 0.188. The molecule has 0 radical (unpaired) electrons. The summed E-state index contributed by atoms with van der Waals surface area (Å²) in [6.07, 6.45) is 7.72. The quantitative estimate of drug-likeness (QED) is 0.437. The van der Waals surface area contributed by atoms with Crippen molar-refractivity contribution in [1.29, 1.82) is 0 Å². The molecule has 0 aromatic heterocycles. The molecule has 2 atom stereocenters. The Labute approximate surface area is 135 Å². The summed E-state index contributed by atoms with van der Waals surface area (Å²) in [7, 11) is -3.69. The third-order valence-electron chi connectivity index (χ3n) is 3.54. The first kappa shape index (κ1) is 17.0. The molecule has 3 N–H and O–H groups in total. The zero-order chi connectivity index (χ0) is 16.9. The molecule has 122 valence electrons. The van der Waals surface area contributed by atoms with Gasteiger partial charge in [0.2, 0.25) is 0 Å². The van der Waals surface area contributed by atoms with Gasteiger partial charge in [-0.25, -0.2) is 13.9 Å². The zero-order valence-corrected chi connectivity index (χ0v) is 13.3. The fourth-order valence-electron chi connectivity index (χ4n) is 2.31. The molecule has 6 nitrogen and oxygen atoms in total. The zero-order valence-electron chi connectivity index (χ0n) is 12.5. The second kappa shape index (κ2) is 7.26. The van der Waals surface area contributed by atoms with E-state index in [1.807, 2.05) is 0 Å². The molecular formula is C16H18N2O4S. The number of amides is 1. The Morgan fingerprint density at radius 3 is 2.61 bits per heavy atom. The molecule has 0 bridgehead atoms. The Kier molecular flexibility index (Phi) is 5.36. The van der Waals surface area contributed by atoms with Crippen LogP contribution in [0.4, 0.5) is 5.69 Å². The summed E-state index contributed by atoms with van der Waals surface area (Å²) in [6, 6.07) is 8.63. The van der Waals surface area contributed by atoms with E-state index in [0.717, 1.165) is 0 Å². The lowest BCUT2D eigenvalue weighted by Crippen LogP contribution is -2.24. The first-order valence-electron chi connectivity index (χ1n) is 7.02. The van der Waals surface area contributed by atoms with Crippen LogP contribution in [-0.2, 0) is 14.8 Å². The average molecular weight is 334 g/mol. The SMILES string of the molecule is CC1C(S(=O)(=O)Nc2ccccc2)=CC=CC1/C=C/C(=O)NO. The number of carbonyl (C=O) groups excluding carboxylic acids is 1. The van der Waals surface area contributed by atoms with E-state index >= 15 is 0 Å². The second-order valence-corrected chi connectivity index (χ2v) is 6.81. The van der Waals surface area contributed by atoms with Crippen LogP contribution in [0.15, 0.2) is 65.6 Å². The summed E-state index contributed by atoms with van der Waals surface area (Å²) in [6.45, 7) is 1.77. The third kappa shape index (κ3) is 4.30. The number of benzene rings is 1. The van der Waals surface area contributed by atoms with Gasteiger partial charge in [-0.05, 0) is 18.2 Å². The maximum Gasteiger partial charge on any atom is 0.267 e. The van der Waals surface area contributed by atoms with E-state index in [1.54, 1.807) is 61.6 Å². The summed E-state index contributed by atoms with van der Waals surface area (Å²) in [4.78, 5) is 11.3. The summed E-state index contributed by atoms with van der Waals surface area (Å²) in [5.74, 6) is -1.27. The molecule has 1 amide bonds. The number of para-hydroxylation sites is 1. The average Bonchev–Trinajstić information content (AvgIpc) is 2.54. The maximum atomic E-state index is 12.5. The summed E-state index contributed by atoms with van der Waals surface area (Å²) in [5, 5.41) is 8.49. The predicted molar refractivity (Wildman–Crippen MR) is 87.9 cm³/mol. The Hall–Kier alpha value is -2.38. The molecule has 0 saturated carbocycles. The molecule has 1 aliphatic carbocycles. The van der Waals surface area contributed by atoms with Gasteiger partial charge in [-0.1, -0.05) is 43.4 Å². The molecule has 0 saturated heterocycles. The number of nitrogens with one attached hydrogen (secondary N) is 2. The molecule has 7 heteroatoms. The minimum Gasteiger partial charge on any atom is -0.288 e. The molecule has 2 rings (SSSR count). The van der Waals surface area contributed by atoms with Crippen LogP contribution < -0.4 is 10.2 Å². The van der Waals surface area contributed by atoms with Crippen LogP contribution in [0.3, 0.4) is 0 Å². The number of hydrogen-bond donors (Lipinski definition) is 3. The predicted octanol–water partition coefficient (Wildman–Crippen LogP) is 2.20. The monoisotopic (exact) mass is 334 g/mol. The van der Waals surface area contributed by atoms with Crippen molar-refractivity contribution >= 4 is 21.6 Å². The fourth-order valence-corrected chi connectivity index (χ4v) is 3.78. The Morgan fingerprint density at radius 1 is 1.26 bits per heavy atom. The van der Waals surface area contributed by atoms with E-state index in [9.17, 15) is 13.2 Å². The molecule has 0 spiro atoms. The smallest absolute Gasteiger partial charge is 0.267 e. The van der Waals surface area contributed by atoms with Gasteiger partial charge in [-0.3, -0.25) is 14.7 Å². The minimum atomic E-state index is -3.69. The highest BCUT2D eigenvalue weighted by atomic mass is 32.2. The summed E-state index contributed by atoms with van der Waals surface area (Å²) < 4.78 is 27.6. The van der Waals surface area contributed by atoms with Crippen molar-refractivity contribution in [3.05, 3.63) is 65.6 Å². The van der Waals surface area contributed by atoms with E-state index in [1.165, 1.54) is 11.6 Å². The maximum absolute atomic E-state index is 12.5. The van der Waals surface area contributed by atoms with Crippen LogP contribution >= 0.6 is 0 Å². The summed E-state index contributed by atoms with van der Waals surface area (Å²) in [5.41, 5.74) is 1.99. The Bertz CT molecular complexity index is 752. The Balaban J connectivity index is 2.19. The third-order valence-corrected chi connectivity index (χ3v) is 5.17. The topological polar surface area (TPSA) is 95.5 Å². The van der Waals surface area contributed by atoms with Crippen LogP contribution in [0.5, 0.6) is 0 Å². The minimum absolute atomic E-state index is 0.239. The normalized spacial score (nSPS) is 21.0. The Morgan fingerprint density at radius 2 is 1.96 bits per heavy atom. The van der Waals surface area contributed by atoms with Crippen molar-refractivity contribution in [1.82, 2.24) is 5.48 Å². The van der Waals surface area contributed by atoms with Crippen molar-refractivity contribution < 1.29 is 18.4 Å². The van der Waals surface area contributed by atoms with Gasteiger partial charge in [0.25, 0.3) is 15.9 Å². The van der Waals surface area contributed by atoms with E-state index in [0.29, 0.717) is 5.69 Å². The van der Waals surface area contributed by atoms with Crippen molar-refractivity contribution in [3.63, 3.8) is 0 Å². The first-order valence-corrected chi connectivity index (χ1v) is 8.51. The largest absolute Gasteiger partial charge is 0.288 e. The van der Waals surface area contributed by atoms with Gasteiger partial charge in [-0.2, -0.15) is 0 Å². The van der Waals surface area contributed by atoms with Crippen LogP contribution in [0.2, 0.25) is 0 Å². The first-order chi connectivity index (χ1) is 10.9. The van der Waals surface area contributed by atoms with Gasteiger partial charge < -0.3 is 0 Å². The van der Waals surface area contributed by atoms with Gasteiger partial charge in [0.05, 0.1) is 4.91 Å². The van der Waals surface area contributed by atoms with Crippen molar-refractivity contribution in [2.24, 2.45) is 11.8 Å². The second-order valence-electron chi connectivity index (χ2n) is 5.13. The van der Waals surface area contributed by atoms with Gasteiger partial charge >= 0.3 is 0 Å². The van der Waals surface area contributed by atoms with E-state index in [4.69, 9.17) is 5.21 Å². The van der Waals surface area contributed by atoms with Crippen LogP contribution in [0, 0.1) is 11.8 Å². The van der Waals surface area contributed by atoms with Crippen LogP contribution in [0.25, 0.3) is 0 Å². The molecule has 1 aliphatic rings. The number of hydroxylamine groups is 1. The van der Waals surface area contributed by atoms with Crippen molar-refractivity contribution in [3.8, 4) is 0 Å². The summed E-state index contributed by atoms with van der Waals surface area (Å²) >= 11 is 0. The van der Waals surface area contributed by atoms with Crippen molar-refractivity contribution in [2.75, 3.05) is 4.72 Å². The lowest BCUT2D eigenvalue weighted by molar-refractivity contribution is -0.124. The van der Waals surface area contributed by atoms with Gasteiger partial charge in [0.1, 0.15) is 0 Å². The van der Waals surface area contributed by atoms with Gasteiger partial charge in [0.15, 0.2) is 0 Å². The molecular weight excluding hydrogens is 316 g/mol. The molecule has 0 fully saturated rings. The number of rotatable bonds is 5. The molecule has 0 aliphatic heterocycles. The highest BCUT2D eigenvalue weighted by Gasteiger charge is 2.28. The molecule has 1 aromatic carbocycles. The highest BCUT2D eigenvalue weighted by Crippen LogP contribution is 2.31. The number of sulfonamides is 1. The number of hydrogen-bond acceptors (Lipinski definition) is 4. The van der Waals surface area contributed by atoms with E-state index in [-0.39, 0.29) is 16.7 Å². The van der Waals surface area contributed by atoms with Crippen LogP contribution in [0.1, 0.15) is 6.92 Å². The standard InChI is InChI=1S/C16H18N2O4S/c1-12-13(10-11-16(19)17-20)6-5-9-15(12)23(21,22)18-14-7-3-2-4-8-14/h2-13,18,20H,1H3,(H,17,19)/b11-10+. The molecule has 23 heavy (non-hydrogen) atoms. The molecule has 1 aromatic rings. The molecule has 0 heterocycles. The highest BCUT2D eigenvalue weighted by molar-refractivity contribution is 7.96.